The summed E-state index contributed by atoms with van der Waals surface area (Å²) >= 11 is 0. The van der Waals surface area contributed by atoms with Gasteiger partial charge in [0.05, 0.1) is 13.2 Å². The number of aliphatic hydroxyl groups excluding tert-OH is 1. The number of nitrogens with zero attached hydrogens (tertiary/aromatic N) is 3. The van der Waals surface area contributed by atoms with E-state index in [4.69, 9.17) is 5.73 Å². The first-order chi connectivity index (χ1) is 12.2. The lowest BCUT2D eigenvalue weighted by atomic mass is 9.95. The predicted octanol–water partition coefficient (Wildman–Crippen LogP) is 2.89. The van der Waals surface area contributed by atoms with Crippen molar-refractivity contribution in [2.75, 3.05) is 11.1 Å². The zero-order valence-corrected chi connectivity index (χ0v) is 13.5. The second-order valence-electron chi connectivity index (χ2n) is 5.84. The van der Waals surface area contributed by atoms with Gasteiger partial charge in [-0.05, 0) is 46.5 Å². The van der Waals surface area contributed by atoms with Gasteiger partial charge in [0.1, 0.15) is 5.82 Å². The second-order valence-corrected chi connectivity index (χ2v) is 5.84. The van der Waals surface area contributed by atoms with E-state index in [-0.39, 0.29) is 12.6 Å². The topological polar surface area (TPSA) is 96.4 Å². The first kappa shape index (κ1) is 15.3. The molecule has 1 aliphatic rings. The summed E-state index contributed by atoms with van der Waals surface area (Å²) in [4.78, 5) is 12.5. The molecule has 0 amide bonds. The van der Waals surface area contributed by atoms with Crippen molar-refractivity contribution in [1.82, 2.24) is 9.97 Å². The van der Waals surface area contributed by atoms with E-state index >= 15 is 0 Å². The zero-order chi connectivity index (χ0) is 17.2. The van der Waals surface area contributed by atoms with Gasteiger partial charge >= 0.3 is 0 Å². The van der Waals surface area contributed by atoms with Crippen molar-refractivity contribution in [2.45, 2.75) is 13.2 Å². The van der Waals surface area contributed by atoms with Crippen LogP contribution in [0.2, 0.25) is 0 Å². The third-order valence-corrected chi connectivity index (χ3v) is 4.13. The van der Waals surface area contributed by atoms with Crippen LogP contribution in [0.4, 0.5) is 17.5 Å². The highest BCUT2D eigenvalue weighted by molar-refractivity contribution is 5.91. The minimum atomic E-state index is 0.0185. The molecule has 0 atom stereocenters. The number of aliphatic hydroxyl groups is 1. The van der Waals surface area contributed by atoms with Crippen molar-refractivity contribution in [3.05, 3.63) is 65.4 Å². The van der Waals surface area contributed by atoms with Crippen LogP contribution < -0.4 is 11.1 Å². The highest BCUT2D eigenvalue weighted by Crippen LogP contribution is 2.33. The average molecular weight is 331 g/mol. The highest BCUT2D eigenvalue weighted by Gasteiger charge is 2.15. The van der Waals surface area contributed by atoms with Gasteiger partial charge in [0.2, 0.25) is 5.95 Å². The lowest BCUT2D eigenvalue weighted by molar-refractivity contribution is 0.282. The Hall–Kier alpha value is -3.25. The fourth-order valence-electron chi connectivity index (χ4n) is 2.98. The first-order valence-electron chi connectivity index (χ1n) is 7.95. The van der Waals surface area contributed by atoms with E-state index in [1.54, 1.807) is 12.3 Å². The van der Waals surface area contributed by atoms with Crippen LogP contribution in [0.1, 0.15) is 16.7 Å². The maximum absolute atomic E-state index is 9.41. The summed E-state index contributed by atoms with van der Waals surface area (Å²) in [7, 11) is 0. The smallest absolute Gasteiger partial charge is 0.221 e. The van der Waals surface area contributed by atoms with Crippen molar-refractivity contribution in [2.24, 2.45) is 4.99 Å². The number of anilines is 3. The number of rotatable bonds is 4. The number of nitrogens with one attached hydrogen (secondary N) is 1. The molecule has 0 aliphatic carbocycles. The van der Waals surface area contributed by atoms with Gasteiger partial charge in [0.25, 0.3) is 0 Å². The molecule has 2 heterocycles. The van der Waals surface area contributed by atoms with Crippen LogP contribution in [-0.4, -0.2) is 21.3 Å². The highest BCUT2D eigenvalue weighted by atomic mass is 16.3. The van der Waals surface area contributed by atoms with E-state index < -0.39 is 0 Å². The first-order valence-corrected chi connectivity index (χ1v) is 7.95. The van der Waals surface area contributed by atoms with Crippen LogP contribution in [0, 0.1) is 0 Å². The lowest BCUT2D eigenvalue weighted by Gasteiger charge is -2.13. The Morgan fingerprint density at radius 1 is 1.16 bits per heavy atom. The summed E-state index contributed by atoms with van der Waals surface area (Å²) < 4.78 is 0. The van der Waals surface area contributed by atoms with Crippen molar-refractivity contribution in [3.8, 4) is 11.1 Å². The third kappa shape index (κ3) is 3.07. The molecule has 25 heavy (non-hydrogen) atoms. The van der Waals surface area contributed by atoms with Gasteiger partial charge in [0, 0.05) is 23.7 Å². The Balaban J connectivity index is 1.78. The monoisotopic (exact) mass is 331 g/mol. The quantitative estimate of drug-likeness (QED) is 0.683. The predicted molar refractivity (Wildman–Crippen MR) is 98.8 cm³/mol. The number of nitrogens with two attached hydrogens (primary N) is 1. The summed E-state index contributed by atoms with van der Waals surface area (Å²) in [6.45, 7) is 0.680. The van der Waals surface area contributed by atoms with Crippen LogP contribution >= 0.6 is 0 Å². The second kappa shape index (κ2) is 6.33. The van der Waals surface area contributed by atoms with Gasteiger partial charge in [-0.1, -0.05) is 18.2 Å². The fourth-order valence-corrected chi connectivity index (χ4v) is 2.98. The molecule has 4 N–H and O–H groups in total. The Kier molecular flexibility index (Phi) is 3.87. The lowest BCUT2D eigenvalue weighted by Crippen LogP contribution is -2.00. The number of nitrogen functional groups attached to an aromatic ring is 1. The summed E-state index contributed by atoms with van der Waals surface area (Å²) in [5, 5.41) is 12.7. The van der Waals surface area contributed by atoms with Crippen LogP contribution in [0.3, 0.4) is 0 Å². The SMILES string of the molecule is Nc1nccc(Nc2cc3c(c(-c4cccc(CO)c4)c2)CN=C3)n1. The average Bonchev–Trinajstić information content (AvgIpc) is 3.09. The maximum atomic E-state index is 9.41. The molecule has 0 saturated carbocycles. The molecular weight excluding hydrogens is 314 g/mol. The van der Waals surface area contributed by atoms with Crippen LogP contribution in [0.15, 0.2) is 53.7 Å². The zero-order valence-electron chi connectivity index (χ0n) is 13.5. The molecule has 0 radical (unpaired) electrons. The minimum absolute atomic E-state index is 0.0185. The van der Waals surface area contributed by atoms with Gasteiger partial charge in [0.15, 0.2) is 0 Å². The molecular formula is C19H17N5O. The summed E-state index contributed by atoms with van der Waals surface area (Å²) in [6, 6.07) is 13.8. The van der Waals surface area contributed by atoms with E-state index in [0.29, 0.717) is 12.4 Å². The van der Waals surface area contributed by atoms with Gasteiger partial charge in [-0.25, -0.2) is 4.98 Å². The van der Waals surface area contributed by atoms with Crippen molar-refractivity contribution in [3.63, 3.8) is 0 Å². The fraction of sp³-hybridized carbons (Fsp3) is 0.105. The molecule has 4 rings (SSSR count). The minimum Gasteiger partial charge on any atom is -0.392 e. The van der Waals surface area contributed by atoms with Gasteiger partial charge < -0.3 is 16.2 Å². The number of benzene rings is 2. The number of aliphatic imine (C=N–C) groups is 1. The van der Waals surface area contributed by atoms with Gasteiger partial charge in [-0.2, -0.15) is 4.98 Å². The summed E-state index contributed by atoms with van der Waals surface area (Å²) in [6.07, 6.45) is 3.50. The van der Waals surface area contributed by atoms with E-state index in [1.807, 2.05) is 36.5 Å². The van der Waals surface area contributed by atoms with Crippen LogP contribution in [0.25, 0.3) is 11.1 Å². The number of hydrogen-bond acceptors (Lipinski definition) is 6. The van der Waals surface area contributed by atoms with Crippen LogP contribution in [0.5, 0.6) is 0 Å². The molecule has 1 aliphatic heterocycles. The largest absolute Gasteiger partial charge is 0.392 e. The van der Waals surface area contributed by atoms with Crippen molar-refractivity contribution in [1.29, 1.82) is 0 Å². The summed E-state index contributed by atoms with van der Waals surface area (Å²) in [5.41, 5.74) is 11.8. The van der Waals surface area contributed by atoms with E-state index in [0.717, 1.165) is 27.9 Å². The van der Waals surface area contributed by atoms with Crippen molar-refractivity contribution >= 4 is 23.7 Å². The van der Waals surface area contributed by atoms with Crippen molar-refractivity contribution < 1.29 is 5.11 Å². The molecule has 0 saturated heterocycles. The Bertz CT molecular complexity index is 968. The Labute approximate surface area is 145 Å². The van der Waals surface area contributed by atoms with E-state index in [9.17, 15) is 5.11 Å². The normalized spacial score (nSPS) is 12.2. The third-order valence-electron chi connectivity index (χ3n) is 4.13. The number of hydrogen-bond donors (Lipinski definition) is 3. The molecule has 6 nitrogen and oxygen atoms in total. The molecule has 0 spiro atoms. The molecule has 124 valence electrons. The molecule has 3 aromatic rings. The molecule has 6 heteroatoms. The van der Waals surface area contributed by atoms with Crippen LogP contribution in [-0.2, 0) is 13.2 Å². The maximum Gasteiger partial charge on any atom is 0.221 e. The Morgan fingerprint density at radius 3 is 2.92 bits per heavy atom. The summed E-state index contributed by atoms with van der Waals surface area (Å²) in [5.74, 6) is 0.862. The molecule has 1 aromatic heterocycles. The van der Waals surface area contributed by atoms with E-state index in [2.05, 4.69) is 26.3 Å². The van der Waals surface area contributed by atoms with E-state index in [1.165, 1.54) is 5.56 Å². The molecule has 0 fully saturated rings. The van der Waals surface area contributed by atoms with Gasteiger partial charge in [-0.15, -0.1) is 0 Å². The molecule has 2 aromatic carbocycles. The van der Waals surface area contributed by atoms with Gasteiger partial charge in [-0.3, -0.25) is 4.99 Å². The molecule has 0 unspecified atom stereocenters. The standard InChI is InChI=1S/C19H17N5O/c20-19-22-5-4-18(24-19)23-15-7-14-9-21-10-17(14)16(8-15)13-3-1-2-12(6-13)11-25/h1-9,25H,10-11H2,(H3,20,22,23,24). The Morgan fingerprint density at radius 2 is 2.08 bits per heavy atom. The molecule has 0 bridgehead atoms. The number of fused-ring (bicyclic) bond motifs is 1. The number of aromatic nitrogens is 2.